The Morgan fingerprint density at radius 1 is 1.27 bits per heavy atom. The number of hydrogen-bond acceptors (Lipinski definition) is 4. The third-order valence-corrected chi connectivity index (χ3v) is 1.79. The molecule has 1 unspecified atom stereocenters. The summed E-state index contributed by atoms with van der Waals surface area (Å²) in [6, 6.07) is 0. The van der Waals surface area contributed by atoms with Gasteiger partial charge in [0.25, 0.3) is 0 Å². The average molecular weight is 240 g/mol. The lowest BCUT2D eigenvalue weighted by molar-refractivity contribution is -0.143. The van der Waals surface area contributed by atoms with Crippen molar-refractivity contribution in [2.24, 2.45) is 0 Å². The van der Waals surface area contributed by atoms with Gasteiger partial charge in [-0.2, -0.15) is 0 Å². The molecule has 5 nitrogen and oxygen atoms in total. The van der Waals surface area contributed by atoms with Gasteiger partial charge in [0.1, 0.15) is 0 Å². The van der Waals surface area contributed by atoms with Gasteiger partial charge in [-0.3, -0.25) is 9.36 Å². The summed E-state index contributed by atoms with van der Waals surface area (Å²) in [5.41, 5.74) is 0. The molecular weight excluding hydrogens is 219 g/mol. The number of hydrogen-bond donors (Lipinski definition) is 1. The molecule has 0 aliphatic rings. The van der Waals surface area contributed by atoms with Crippen molar-refractivity contribution < 1.29 is 23.5 Å². The minimum absolute atomic E-state index is 0.0187. The van der Waals surface area contributed by atoms with Crippen LogP contribution in [0.15, 0.2) is 0 Å². The van der Waals surface area contributed by atoms with Gasteiger partial charge in [-0.1, -0.05) is 26.7 Å². The Bertz CT molecular complexity index is 170. The van der Waals surface area contributed by atoms with E-state index in [2.05, 4.69) is 23.1 Å². The Hall–Kier alpha value is -0.380. The minimum Gasteiger partial charge on any atom is -0.466 e. The van der Waals surface area contributed by atoms with Crippen LogP contribution in [0.25, 0.3) is 0 Å². The Morgan fingerprint density at radius 2 is 1.80 bits per heavy atom. The van der Waals surface area contributed by atoms with Crippen molar-refractivity contribution in [3.63, 3.8) is 0 Å². The lowest BCUT2D eigenvalue weighted by atomic mass is 10.4. The van der Waals surface area contributed by atoms with Crippen LogP contribution in [-0.2, 0) is 18.6 Å². The van der Waals surface area contributed by atoms with Crippen LogP contribution in [0.4, 0.5) is 0 Å². The first-order valence-corrected chi connectivity index (χ1v) is 6.36. The third-order valence-electron chi connectivity index (χ3n) is 1.34. The van der Waals surface area contributed by atoms with Crippen LogP contribution in [0.3, 0.4) is 0 Å². The summed E-state index contributed by atoms with van der Waals surface area (Å²) < 4.78 is 18.7. The first kappa shape index (κ1) is 17.0. The summed E-state index contributed by atoms with van der Waals surface area (Å²) >= 11 is 0. The molecule has 0 saturated carbocycles. The summed E-state index contributed by atoms with van der Waals surface area (Å²) in [7, 11) is -2.90. The molecule has 1 atom stereocenters. The molecule has 92 valence electrons. The maximum Gasteiger partial charge on any atom is 0.316 e. The fourth-order valence-electron chi connectivity index (χ4n) is 0.455. The van der Waals surface area contributed by atoms with Crippen molar-refractivity contribution in [2.75, 3.05) is 13.2 Å². The van der Waals surface area contributed by atoms with E-state index >= 15 is 0 Å². The predicted octanol–water partition coefficient (Wildman–Crippen LogP) is 2.14. The van der Waals surface area contributed by atoms with E-state index in [1.54, 1.807) is 6.92 Å². The van der Waals surface area contributed by atoms with Crippen LogP contribution in [0.2, 0.25) is 0 Å². The molecule has 0 heterocycles. The predicted molar refractivity (Wildman–Crippen MR) is 59.0 cm³/mol. The van der Waals surface area contributed by atoms with E-state index < -0.39 is 14.2 Å². The maximum atomic E-state index is 10.5. The van der Waals surface area contributed by atoms with Gasteiger partial charge in [0, 0.05) is 0 Å². The van der Waals surface area contributed by atoms with E-state index in [0.29, 0.717) is 6.61 Å². The van der Waals surface area contributed by atoms with E-state index in [1.165, 1.54) is 12.8 Å². The highest BCUT2D eigenvalue weighted by Gasteiger charge is 2.01. The Balaban J connectivity index is 0. The highest BCUT2D eigenvalue weighted by Crippen LogP contribution is 2.14. The van der Waals surface area contributed by atoms with E-state index in [-0.39, 0.29) is 13.0 Å². The summed E-state index contributed by atoms with van der Waals surface area (Å²) in [6.07, 6.45) is 2.66. The summed E-state index contributed by atoms with van der Waals surface area (Å²) in [6.45, 7) is 6.30. The molecule has 0 aromatic heterocycles. The molecule has 0 spiro atoms. The molecule has 0 aliphatic heterocycles. The van der Waals surface area contributed by atoms with Crippen molar-refractivity contribution in [3.8, 4) is 0 Å². The zero-order chi connectivity index (χ0) is 12.1. The first-order chi connectivity index (χ1) is 7.08. The van der Waals surface area contributed by atoms with E-state index in [0.717, 1.165) is 0 Å². The molecule has 0 fully saturated rings. The van der Waals surface area contributed by atoms with Crippen molar-refractivity contribution in [3.05, 3.63) is 0 Å². The largest absolute Gasteiger partial charge is 0.466 e. The Labute approximate surface area is 91.7 Å². The number of esters is 1. The number of carbonyl (C=O) groups is 1. The van der Waals surface area contributed by atoms with Crippen molar-refractivity contribution >= 4 is 14.2 Å². The second kappa shape index (κ2) is 13.6. The second-order valence-corrected chi connectivity index (χ2v) is 3.49. The minimum atomic E-state index is -2.90. The van der Waals surface area contributed by atoms with Crippen LogP contribution in [0.5, 0.6) is 0 Å². The van der Waals surface area contributed by atoms with E-state index in [4.69, 9.17) is 4.89 Å². The Kier molecular flexibility index (Phi) is 15.5. The van der Waals surface area contributed by atoms with Gasteiger partial charge >= 0.3 is 14.2 Å². The normalized spacial score (nSPS) is 11.2. The monoisotopic (exact) mass is 240 g/mol. The summed E-state index contributed by atoms with van der Waals surface area (Å²) in [4.78, 5) is 18.7. The highest BCUT2D eigenvalue weighted by atomic mass is 31.1. The molecular formula is C9H21O5P. The van der Waals surface area contributed by atoms with Gasteiger partial charge in [0.05, 0.1) is 19.6 Å². The van der Waals surface area contributed by atoms with Crippen LogP contribution in [0.1, 0.15) is 40.0 Å². The van der Waals surface area contributed by atoms with Crippen LogP contribution < -0.4 is 0 Å². The molecule has 0 aromatic carbocycles. The summed E-state index contributed by atoms with van der Waals surface area (Å²) in [5.74, 6) is -0.421. The van der Waals surface area contributed by atoms with Gasteiger partial charge < -0.3 is 14.2 Å². The van der Waals surface area contributed by atoms with Crippen molar-refractivity contribution in [1.29, 1.82) is 0 Å². The van der Waals surface area contributed by atoms with Gasteiger partial charge in [-0.25, -0.2) is 0 Å². The lowest BCUT2D eigenvalue weighted by Gasteiger charge is -1.99. The molecule has 0 rings (SSSR count). The maximum absolute atomic E-state index is 10.5. The van der Waals surface area contributed by atoms with Crippen molar-refractivity contribution in [2.45, 2.75) is 40.0 Å². The number of carbonyl (C=O) groups excluding carboxylic acids is 1. The van der Waals surface area contributed by atoms with Crippen LogP contribution in [-0.4, -0.2) is 24.1 Å². The van der Waals surface area contributed by atoms with Gasteiger partial charge in [-0.05, 0) is 6.92 Å². The molecule has 0 amide bonds. The average Bonchev–Trinajstić information content (AvgIpc) is 2.18. The fraction of sp³-hybridized carbons (Fsp3) is 0.889. The SMILES string of the molecule is CCCC.CCOC(=O)CCO[PH](=O)O. The van der Waals surface area contributed by atoms with Gasteiger partial charge in [0.15, 0.2) is 0 Å². The zero-order valence-corrected chi connectivity index (χ0v) is 10.6. The van der Waals surface area contributed by atoms with E-state index in [9.17, 15) is 9.36 Å². The third kappa shape index (κ3) is 19.9. The number of rotatable bonds is 6. The molecule has 6 heteroatoms. The molecule has 1 N–H and O–H groups in total. The standard InChI is InChI=1S/C5H11O5P.C4H10/c1-2-9-5(6)3-4-10-11(7)8;1-3-4-2/h11H,2-4H2,1H3,(H,7,8);3-4H2,1-2H3. The number of unbranched alkanes of at least 4 members (excludes halogenated alkanes) is 1. The first-order valence-electron chi connectivity index (χ1n) is 5.09. The molecule has 0 aliphatic carbocycles. The zero-order valence-electron chi connectivity index (χ0n) is 9.62. The second-order valence-electron chi connectivity index (χ2n) is 2.67. The molecule has 0 saturated heterocycles. The lowest BCUT2D eigenvalue weighted by Crippen LogP contribution is -2.06. The van der Waals surface area contributed by atoms with E-state index in [1.807, 2.05) is 0 Å². The topological polar surface area (TPSA) is 72.8 Å². The highest BCUT2D eigenvalue weighted by molar-refractivity contribution is 7.32. The van der Waals surface area contributed by atoms with Gasteiger partial charge in [-0.15, -0.1) is 0 Å². The van der Waals surface area contributed by atoms with Crippen molar-refractivity contribution in [1.82, 2.24) is 0 Å². The van der Waals surface area contributed by atoms with Crippen LogP contribution >= 0.6 is 8.25 Å². The van der Waals surface area contributed by atoms with Gasteiger partial charge in [0.2, 0.25) is 0 Å². The summed E-state index contributed by atoms with van der Waals surface area (Å²) in [5, 5.41) is 0. The quantitative estimate of drug-likeness (QED) is 0.568. The molecule has 15 heavy (non-hydrogen) atoms. The molecule has 0 aromatic rings. The fourth-order valence-corrected chi connectivity index (χ4v) is 0.732. The number of ether oxygens (including phenoxy) is 1. The smallest absolute Gasteiger partial charge is 0.316 e. The van der Waals surface area contributed by atoms with Crippen LogP contribution in [0, 0.1) is 0 Å². The molecule has 0 radical (unpaired) electrons. The Morgan fingerprint density at radius 3 is 2.13 bits per heavy atom. The molecule has 0 bridgehead atoms.